The molecule has 0 saturated heterocycles. The molecule has 2 N–H and O–H groups in total. The Morgan fingerprint density at radius 3 is 1.30 bits per heavy atom. The van der Waals surface area contributed by atoms with Crippen LogP contribution in [-0.4, -0.2) is 26.0 Å². The normalized spacial score (nSPS) is 12.2. The maximum Gasteiger partial charge on any atom is 0.232 e. The molecule has 0 radical (unpaired) electrons. The van der Waals surface area contributed by atoms with Crippen LogP contribution < -0.4 is 20.1 Å². The van der Waals surface area contributed by atoms with E-state index in [1.165, 1.54) is 0 Å². The van der Waals surface area contributed by atoms with Gasteiger partial charge in [-0.15, -0.1) is 0 Å². The van der Waals surface area contributed by atoms with E-state index in [9.17, 15) is 9.59 Å². The lowest BCUT2D eigenvalue weighted by molar-refractivity contribution is -0.118. The van der Waals surface area contributed by atoms with Gasteiger partial charge in [0.15, 0.2) is 0 Å². The Morgan fingerprint density at radius 2 is 0.975 bits per heavy atom. The van der Waals surface area contributed by atoms with Crippen molar-refractivity contribution in [2.24, 2.45) is 0 Å². The fraction of sp³-hybridized carbons (Fsp3) is 0.235. The molecule has 0 fully saturated rings. The molecular weight excluding hydrogens is 500 g/mol. The van der Waals surface area contributed by atoms with Gasteiger partial charge >= 0.3 is 0 Å². The zero-order valence-electron chi connectivity index (χ0n) is 23.4. The summed E-state index contributed by atoms with van der Waals surface area (Å²) in [6.07, 6.45) is 1.37. The topological polar surface area (TPSA) is 76.7 Å². The molecule has 206 valence electrons. The molecule has 0 bridgehead atoms. The van der Waals surface area contributed by atoms with Gasteiger partial charge in [-0.25, -0.2) is 0 Å². The van der Waals surface area contributed by atoms with Gasteiger partial charge < -0.3 is 20.1 Å². The van der Waals surface area contributed by atoms with Gasteiger partial charge in [-0.1, -0.05) is 86.6 Å². The Morgan fingerprint density at radius 1 is 0.600 bits per heavy atom. The van der Waals surface area contributed by atoms with Gasteiger partial charge in [-0.2, -0.15) is 0 Å². The van der Waals surface area contributed by atoms with Gasteiger partial charge in [0, 0.05) is 0 Å². The predicted octanol–water partition coefficient (Wildman–Crippen LogP) is 7.64. The quantitative estimate of drug-likeness (QED) is 0.207. The smallest absolute Gasteiger partial charge is 0.232 e. The number of amides is 2. The number of ether oxygens (including phenoxy) is 2. The summed E-state index contributed by atoms with van der Waals surface area (Å²) in [7, 11) is 3.17. The lowest BCUT2D eigenvalue weighted by Crippen LogP contribution is -2.21. The first kappa shape index (κ1) is 28.4. The molecule has 0 saturated carbocycles. The first-order valence-electron chi connectivity index (χ1n) is 13.6. The highest BCUT2D eigenvalue weighted by Crippen LogP contribution is 2.36. The maximum absolute atomic E-state index is 13.1. The highest BCUT2D eigenvalue weighted by Gasteiger charge is 2.22. The number of rotatable bonds is 11. The fourth-order valence-corrected chi connectivity index (χ4v) is 4.90. The first-order valence-corrected chi connectivity index (χ1v) is 13.6. The molecule has 0 aliphatic rings. The van der Waals surface area contributed by atoms with E-state index in [2.05, 4.69) is 10.6 Å². The third-order valence-electron chi connectivity index (χ3n) is 7.11. The summed E-state index contributed by atoms with van der Waals surface area (Å²) >= 11 is 0. The first-order chi connectivity index (χ1) is 19.5. The van der Waals surface area contributed by atoms with E-state index in [0.29, 0.717) is 35.7 Å². The number of benzene rings is 4. The van der Waals surface area contributed by atoms with Crippen molar-refractivity contribution >= 4 is 23.2 Å². The lowest BCUT2D eigenvalue weighted by Gasteiger charge is -2.18. The Balaban J connectivity index is 1.53. The Bertz CT molecular complexity index is 1330. The molecule has 4 rings (SSSR count). The van der Waals surface area contributed by atoms with Crippen molar-refractivity contribution in [3.8, 4) is 22.6 Å². The van der Waals surface area contributed by atoms with E-state index in [-0.39, 0.29) is 23.7 Å². The van der Waals surface area contributed by atoms with Crippen molar-refractivity contribution in [2.45, 2.75) is 38.5 Å². The van der Waals surface area contributed by atoms with Crippen LogP contribution in [-0.2, 0) is 9.59 Å². The Kier molecular flexibility index (Phi) is 9.57. The second-order valence-corrected chi connectivity index (χ2v) is 9.55. The third-order valence-corrected chi connectivity index (χ3v) is 7.11. The maximum atomic E-state index is 13.1. The van der Waals surface area contributed by atoms with E-state index in [1.807, 2.05) is 111 Å². The zero-order valence-corrected chi connectivity index (χ0v) is 23.4. The average molecular weight is 537 g/mol. The molecule has 6 nitrogen and oxygen atoms in total. The monoisotopic (exact) mass is 536 g/mol. The highest BCUT2D eigenvalue weighted by atomic mass is 16.5. The molecule has 0 aliphatic heterocycles. The third kappa shape index (κ3) is 6.52. The van der Waals surface area contributed by atoms with Crippen LogP contribution in [0, 0.1) is 0 Å². The summed E-state index contributed by atoms with van der Waals surface area (Å²) in [5.74, 6) is 0.431. The average Bonchev–Trinajstić information content (AvgIpc) is 2.99. The molecule has 2 atom stereocenters. The van der Waals surface area contributed by atoms with Crippen molar-refractivity contribution in [2.75, 3.05) is 24.9 Å². The largest absolute Gasteiger partial charge is 0.495 e. The summed E-state index contributed by atoms with van der Waals surface area (Å²) in [5, 5.41) is 6.07. The van der Waals surface area contributed by atoms with Gasteiger partial charge in [-0.3, -0.25) is 9.59 Å². The van der Waals surface area contributed by atoms with Gasteiger partial charge in [0.25, 0.3) is 0 Å². The van der Waals surface area contributed by atoms with Crippen LogP contribution in [0.5, 0.6) is 11.5 Å². The zero-order chi connectivity index (χ0) is 28.5. The molecule has 0 heterocycles. The van der Waals surface area contributed by atoms with E-state index >= 15 is 0 Å². The van der Waals surface area contributed by atoms with Crippen molar-refractivity contribution in [1.82, 2.24) is 0 Å². The van der Waals surface area contributed by atoms with Crippen LogP contribution in [0.4, 0.5) is 11.4 Å². The van der Waals surface area contributed by atoms with E-state index < -0.39 is 0 Å². The summed E-state index contributed by atoms with van der Waals surface area (Å²) < 4.78 is 11.3. The predicted molar refractivity (Wildman–Crippen MR) is 161 cm³/mol. The van der Waals surface area contributed by atoms with Crippen LogP contribution in [0.1, 0.15) is 49.7 Å². The minimum Gasteiger partial charge on any atom is -0.495 e. The van der Waals surface area contributed by atoms with Crippen molar-refractivity contribution in [3.05, 3.63) is 108 Å². The molecule has 2 unspecified atom stereocenters. The van der Waals surface area contributed by atoms with Crippen molar-refractivity contribution < 1.29 is 19.1 Å². The van der Waals surface area contributed by atoms with Crippen molar-refractivity contribution in [1.29, 1.82) is 0 Å². The van der Waals surface area contributed by atoms with Gasteiger partial charge in [0.2, 0.25) is 11.8 Å². The molecule has 4 aromatic rings. The number of hydrogen-bond donors (Lipinski definition) is 2. The van der Waals surface area contributed by atoms with Gasteiger partial charge in [0.05, 0.1) is 37.4 Å². The van der Waals surface area contributed by atoms with E-state index in [1.54, 1.807) is 14.2 Å². The molecule has 2 amide bonds. The molecule has 0 aliphatic carbocycles. The van der Waals surface area contributed by atoms with Crippen LogP contribution in [0.15, 0.2) is 97.1 Å². The number of anilines is 2. The summed E-state index contributed by atoms with van der Waals surface area (Å²) in [5.41, 5.74) is 4.94. The van der Waals surface area contributed by atoms with Crippen LogP contribution in [0.25, 0.3) is 11.1 Å². The molecule has 4 aromatic carbocycles. The second kappa shape index (κ2) is 13.5. The SMILES string of the molecule is CCC(C(=O)Nc1ccc(-c2ccc(NC(=O)C(CC)c3ccccc3)c(OC)c2)cc1OC)c1ccccc1. The number of carbonyl (C=O) groups is 2. The number of methoxy groups -OCH3 is 2. The van der Waals surface area contributed by atoms with Crippen LogP contribution in [0.2, 0.25) is 0 Å². The summed E-state index contributed by atoms with van der Waals surface area (Å²) in [4.78, 5) is 26.2. The van der Waals surface area contributed by atoms with Gasteiger partial charge in [-0.05, 0) is 59.4 Å². The summed E-state index contributed by atoms with van der Waals surface area (Å²) in [6, 6.07) is 30.8. The minimum absolute atomic E-state index is 0.0811. The standard InChI is InChI=1S/C34H36N2O4/c1-5-27(23-13-9-7-10-14-23)33(37)35-29-19-17-25(21-31(29)39-3)26-18-20-30(32(22-26)40-4)36-34(38)28(6-2)24-15-11-8-12-16-24/h7-22,27-28H,5-6H2,1-4H3,(H,35,37)(H,36,38). The summed E-state index contributed by atoms with van der Waals surface area (Å²) in [6.45, 7) is 4.00. The molecule has 0 spiro atoms. The van der Waals surface area contributed by atoms with Crippen LogP contribution in [0.3, 0.4) is 0 Å². The van der Waals surface area contributed by atoms with Crippen molar-refractivity contribution in [3.63, 3.8) is 0 Å². The minimum atomic E-state index is -0.258. The Hall–Kier alpha value is -4.58. The Labute approximate surface area is 236 Å². The lowest BCUT2D eigenvalue weighted by atomic mass is 9.95. The van der Waals surface area contributed by atoms with E-state index in [4.69, 9.17) is 9.47 Å². The number of nitrogens with one attached hydrogen (secondary N) is 2. The van der Waals surface area contributed by atoms with Gasteiger partial charge in [0.1, 0.15) is 11.5 Å². The number of carbonyl (C=O) groups excluding carboxylic acids is 2. The number of hydrogen-bond acceptors (Lipinski definition) is 4. The second-order valence-electron chi connectivity index (χ2n) is 9.55. The van der Waals surface area contributed by atoms with Crippen LogP contribution >= 0.6 is 0 Å². The highest BCUT2D eigenvalue weighted by molar-refractivity contribution is 5.98. The molecule has 0 aromatic heterocycles. The molecule has 40 heavy (non-hydrogen) atoms. The fourth-order valence-electron chi connectivity index (χ4n) is 4.90. The van der Waals surface area contributed by atoms with E-state index in [0.717, 1.165) is 22.3 Å². The molecular formula is C34H36N2O4. The molecule has 6 heteroatoms.